The van der Waals surface area contributed by atoms with Crippen LogP contribution in [-0.4, -0.2) is 14.5 Å². The Balaban J connectivity index is 0.000000246. The van der Waals surface area contributed by atoms with Gasteiger partial charge in [-0.15, -0.1) is 54.1 Å². The summed E-state index contributed by atoms with van der Waals surface area (Å²) in [6.07, 6.45) is 1.77. The number of para-hydroxylation sites is 3. The Morgan fingerprint density at radius 1 is 0.661 bits per heavy atom. The molecule has 0 aliphatic heterocycles. The van der Waals surface area contributed by atoms with Crippen molar-refractivity contribution in [2.75, 3.05) is 0 Å². The number of aromatic nitrogens is 3. The molecule has 0 unspecified atom stereocenters. The average Bonchev–Trinajstić information content (AvgIpc) is 3.80. The van der Waals surface area contributed by atoms with Crippen molar-refractivity contribution in [2.24, 2.45) is 0 Å². The molecule has 0 N–H and O–H groups in total. The monoisotopic (exact) mass is 909 g/mol. The van der Waals surface area contributed by atoms with E-state index in [0.717, 1.165) is 61.2 Å². The molecular weight excluding hydrogens is 863 g/mol. The number of rotatable bonds is 7. The first-order chi connectivity index (χ1) is 27.1. The smallest absolute Gasteiger partial charge is 0.120 e. The molecule has 1 radical (unpaired) electrons. The Kier molecular flexibility index (Phi) is 11.1. The van der Waals surface area contributed by atoms with E-state index in [-0.39, 0.29) is 20.1 Å². The van der Waals surface area contributed by atoms with E-state index >= 15 is 0 Å². The largest absolute Gasteiger partial charge is 0.501 e. The van der Waals surface area contributed by atoms with E-state index in [2.05, 4.69) is 134 Å². The van der Waals surface area contributed by atoms with Crippen LogP contribution in [0.15, 0.2) is 150 Å². The Morgan fingerprint density at radius 2 is 1.36 bits per heavy atom. The summed E-state index contributed by atoms with van der Waals surface area (Å²) in [6, 6.07) is 54.4. The quantitative estimate of drug-likeness (QED) is 0.150. The summed E-state index contributed by atoms with van der Waals surface area (Å²) in [5.74, 6) is 0.862. The molecule has 0 aliphatic carbocycles. The third-order valence-electron chi connectivity index (χ3n) is 10.2. The second-order valence-corrected chi connectivity index (χ2v) is 14.8. The molecule has 0 saturated heterocycles. The van der Waals surface area contributed by atoms with Crippen molar-refractivity contribution < 1.29 is 25.9 Å². The van der Waals surface area contributed by atoms with Crippen LogP contribution in [0, 0.1) is 12.1 Å². The van der Waals surface area contributed by atoms with Crippen molar-refractivity contribution >= 4 is 33.0 Å². The number of hydrogen-bond acceptors (Lipinski definition) is 3. The molecule has 3 heterocycles. The first-order valence-electron chi connectivity index (χ1n) is 19.6. The summed E-state index contributed by atoms with van der Waals surface area (Å²) < 4.78 is 16.7. The molecule has 9 rings (SSSR count). The molecule has 6 aromatic carbocycles. The van der Waals surface area contributed by atoms with Crippen molar-refractivity contribution in [1.29, 1.82) is 0 Å². The molecule has 56 heavy (non-hydrogen) atoms. The summed E-state index contributed by atoms with van der Waals surface area (Å²) in [4.78, 5) is 9.60. The van der Waals surface area contributed by atoms with Crippen LogP contribution in [-0.2, 0) is 20.1 Å². The first kappa shape index (κ1) is 37.3. The van der Waals surface area contributed by atoms with E-state index in [1.54, 1.807) is 6.20 Å². The number of fused-ring (bicyclic) bond motifs is 4. The maximum atomic E-state index is 7.90. The first-order valence-corrected chi connectivity index (χ1v) is 19.1. The van der Waals surface area contributed by atoms with Gasteiger partial charge in [-0.05, 0) is 81.6 Å². The van der Waals surface area contributed by atoms with Gasteiger partial charge in [-0.25, -0.2) is 0 Å². The predicted molar refractivity (Wildman–Crippen MR) is 229 cm³/mol. The fourth-order valence-electron chi connectivity index (χ4n) is 7.29. The van der Waals surface area contributed by atoms with Crippen LogP contribution in [0.4, 0.5) is 0 Å². The Morgan fingerprint density at radius 3 is 2.04 bits per heavy atom. The molecule has 0 bridgehead atoms. The van der Waals surface area contributed by atoms with Gasteiger partial charge in [-0.3, -0.25) is 4.98 Å². The van der Waals surface area contributed by atoms with Crippen molar-refractivity contribution in [2.45, 2.75) is 59.3 Å². The van der Waals surface area contributed by atoms with Crippen LogP contribution in [0.5, 0.6) is 0 Å². The van der Waals surface area contributed by atoms with E-state index in [9.17, 15) is 0 Å². The number of hydrogen-bond donors (Lipinski definition) is 0. The number of furan rings is 1. The Bertz CT molecular complexity index is 2750. The molecule has 0 aliphatic rings. The molecular formula is C51H45IrN3O-2. The van der Waals surface area contributed by atoms with Gasteiger partial charge in [-0.2, -0.15) is 0 Å². The zero-order valence-electron chi connectivity index (χ0n) is 33.6. The third kappa shape index (κ3) is 7.50. The molecule has 3 aromatic heterocycles. The number of nitrogens with zero attached hydrogens (tertiary/aromatic N) is 3. The zero-order chi connectivity index (χ0) is 39.0. The van der Waals surface area contributed by atoms with Gasteiger partial charge in [0, 0.05) is 38.7 Å². The molecule has 0 atom stereocenters. The normalized spacial score (nSPS) is 11.8. The van der Waals surface area contributed by atoms with E-state index in [1.165, 1.54) is 27.9 Å². The van der Waals surface area contributed by atoms with Crippen LogP contribution in [0.1, 0.15) is 77.3 Å². The van der Waals surface area contributed by atoms with Crippen LogP contribution in [0.25, 0.3) is 72.4 Å². The minimum absolute atomic E-state index is 0. The van der Waals surface area contributed by atoms with E-state index in [0.29, 0.717) is 11.8 Å². The maximum Gasteiger partial charge on any atom is 0.120 e. The summed E-state index contributed by atoms with van der Waals surface area (Å²) in [7, 11) is 0. The van der Waals surface area contributed by atoms with Crippen LogP contribution in [0.2, 0.25) is 0 Å². The summed E-state index contributed by atoms with van der Waals surface area (Å²) in [6.45, 7) is 12.8. The number of benzene rings is 6. The van der Waals surface area contributed by atoms with Crippen molar-refractivity contribution in [3.05, 3.63) is 175 Å². The predicted octanol–water partition coefficient (Wildman–Crippen LogP) is 14.0. The Labute approximate surface area is 345 Å². The summed E-state index contributed by atoms with van der Waals surface area (Å²) in [5, 5.41) is 2.18. The maximum absolute atomic E-state index is 7.90. The van der Waals surface area contributed by atoms with E-state index in [4.69, 9.17) is 10.8 Å². The van der Waals surface area contributed by atoms with Crippen molar-refractivity contribution in [3.63, 3.8) is 0 Å². The van der Waals surface area contributed by atoms with Crippen LogP contribution >= 0.6 is 0 Å². The van der Waals surface area contributed by atoms with Crippen molar-refractivity contribution in [1.82, 2.24) is 14.5 Å². The average molecular weight is 909 g/mol. The standard InChI is InChI=1S/C37H31N2O.C14H14N.Ir/c1-23(2)30-21-26(25-13-6-5-7-14-25)22-31(24(3)4)35(30)39-33-19-10-9-18-32(33)38-37(39)29-17-12-16-28-27-15-8-11-20-34(27)40-36(28)29;1-11(2)13-8-9-14(15-10-13)12-6-4-3-5-7-12;/h5-16,18-24H,1-4H3;3-6,8-11H,1-2H3;/q2*-1;/i;11D;. The topological polar surface area (TPSA) is 43.9 Å². The van der Waals surface area contributed by atoms with E-state index in [1.807, 2.05) is 68.4 Å². The number of imidazole rings is 1. The molecule has 0 saturated carbocycles. The van der Waals surface area contributed by atoms with Gasteiger partial charge in [0.05, 0.1) is 22.4 Å². The van der Waals surface area contributed by atoms with Crippen LogP contribution < -0.4 is 0 Å². The third-order valence-corrected chi connectivity index (χ3v) is 10.2. The Hall–Kier alpha value is -5.61. The molecule has 4 nitrogen and oxygen atoms in total. The molecule has 5 heteroatoms. The zero-order valence-corrected chi connectivity index (χ0v) is 35.0. The second-order valence-electron chi connectivity index (χ2n) is 14.8. The van der Waals surface area contributed by atoms with Gasteiger partial charge in [0.15, 0.2) is 0 Å². The van der Waals surface area contributed by atoms with Gasteiger partial charge in [-0.1, -0.05) is 125 Å². The van der Waals surface area contributed by atoms with Gasteiger partial charge in [0.25, 0.3) is 0 Å². The summed E-state index contributed by atoms with van der Waals surface area (Å²) >= 11 is 0. The fourth-order valence-corrected chi connectivity index (χ4v) is 7.29. The minimum atomic E-state index is -0.591. The molecule has 0 spiro atoms. The van der Waals surface area contributed by atoms with Gasteiger partial charge >= 0.3 is 0 Å². The van der Waals surface area contributed by atoms with Crippen LogP contribution in [0.3, 0.4) is 0 Å². The molecule has 0 amide bonds. The minimum Gasteiger partial charge on any atom is -0.501 e. The van der Waals surface area contributed by atoms with Crippen molar-refractivity contribution in [3.8, 4) is 39.5 Å². The molecule has 281 valence electrons. The molecule has 0 fully saturated rings. The van der Waals surface area contributed by atoms with E-state index < -0.39 is 5.89 Å². The number of pyridine rings is 1. The van der Waals surface area contributed by atoms with Gasteiger partial charge in [0.1, 0.15) is 5.58 Å². The fraction of sp³-hybridized carbons (Fsp3) is 0.176. The SMILES string of the molecule is CC(C)c1cc(-c2ccccc2)cc(C(C)C)c1-n1c(-c2[c-]ccc3c2oc2ccccc23)nc2ccccc21.[2H]C(C)(C)c1ccc(-c2[c-]cccc2)nc1.[Ir]. The second kappa shape index (κ2) is 16.6. The summed E-state index contributed by atoms with van der Waals surface area (Å²) in [5.41, 5.74) is 13.7. The van der Waals surface area contributed by atoms with Gasteiger partial charge in [0.2, 0.25) is 0 Å². The van der Waals surface area contributed by atoms with Gasteiger partial charge < -0.3 is 14.0 Å². The molecule has 9 aromatic rings.